The van der Waals surface area contributed by atoms with E-state index >= 15 is 0 Å². The lowest BCUT2D eigenvalue weighted by atomic mass is 10.0. The van der Waals surface area contributed by atoms with Gasteiger partial charge in [0.2, 0.25) is 0 Å². The number of rotatable bonds is 9. The summed E-state index contributed by atoms with van der Waals surface area (Å²) in [6, 6.07) is 22.1. The molecule has 0 aliphatic carbocycles. The summed E-state index contributed by atoms with van der Waals surface area (Å²) in [6.45, 7) is 2.88. The first kappa shape index (κ1) is 27.6. The fourth-order valence-corrected chi connectivity index (χ4v) is 6.77. The van der Waals surface area contributed by atoms with Gasteiger partial charge in [0.05, 0.1) is 11.4 Å². The number of halogens is 1. The molecule has 1 aliphatic rings. The summed E-state index contributed by atoms with van der Waals surface area (Å²) in [5.74, 6) is 1.15. The third kappa shape index (κ3) is 6.84. The van der Waals surface area contributed by atoms with E-state index in [2.05, 4.69) is 54.6 Å². The minimum atomic E-state index is -0.110. The third-order valence-electron chi connectivity index (χ3n) is 6.92. The Morgan fingerprint density at radius 3 is 2.61 bits per heavy atom. The standard InChI is InChI=1S/C30H28ClN7OS2/c31-23-7-4-8-25(17-23)38-28(22-9-13-32-14-10-22)35-36-30(38)41-20-27-34-26(19-40-27)29(39)33-24-11-15-37(16-12-24)18-21-5-2-1-3-6-21/h1-10,13-14,17,19,24H,11-12,15-16,18,20H2,(H,33,39). The lowest BCUT2D eigenvalue weighted by Gasteiger charge is -2.32. The van der Waals surface area contributed by atoms with Crippen LogP contribution in [0.25, 0.3) is 17.1 Å². The topological polar surface area (TPSA) is 88.8 Å². The number of amides is 1. The molecule has 0 radical (unpaired) electrons. The molecule has 41 heavy (non-hydrogen) atoms. The van der Waals surface area contributed by atoms with Crippen molar-refractivity contribution in [2.24, 2.45) is 0 Å². The van der Waals surface area contributed by atoms with Gasteiger partial charge in [-0.15, -0.1) is 21.5 Å². The van der Waals surface area contributed by atoms with Crippen LogP contribution in [0.2, 0.25) is 5.02 Å². The van der Waals surface area contributed by atoms with Crippen LogP contribution in [-0.2, 0) is 12.3 Å². The highest BCUT2D eigenvalue weighted by molar-refractivity contribution is 7.98. The zero-order valence-corrected chi connectivity index (χ0v) is 24.6. The summed E-state index contributed by atoms with van der Waals surface area (Å²) in [4.78, 5) is 24.2. The normalized spacial score (nSPS) is 14.3. The number of aromatic nitrogens is 5. The van der Waals surface area contributed by atoms with Crippen molar-refractivity contribution in [2.75, 3.05) is 13.1 Å². The summed E-state index contributed by atoms with van der Waals surface area (Å²) in [6.07, 6.45) is 5.33. The Labute approximate surface area is 251 Å². The van der Waals surface area contributed by atoms with E-state index in [4.69, 9.17) is 11.6 Å². The number of carbonyl (C=O) groups is 1. The summed E-state index contributed by atoms with van der Waals surface area (Å²) in [5.41, 5.74) is 3.55. The van der Waals surface area contributed by atoms with Gasteiger partial charge in [0.15, 0.2) is 11.0 Å². The molecule has 5 aromatic rings. The average molecular weight is 602 g/mol. The van der Waals surface area contributed by atoms with E-state index in [1.165, 1.54) is 28.7 Å². The van der Waals surface area contributed by atoms with E-state index in [1.807, 2.05) is 52.4 Å². The van der Waals surface area contributed by atoms with Gasteiger partial charge >= 0.3 is 0 Å². The number of thioether (sulfide) groups is 1. The molecule has 1 aliphatic heterocycles. The number of thiazole rings is 1. The number of carbonyl (C=O) groups excluding carboxylic acids is 1. The Bertz CT molecular complexity index is 1600. The van der Waals surface area contributed by atoms with Crippen molar-refractivity contribution in [3.63, 3.8) is 0 Å². The van der Waals surface area contributed by atoms with Crippen LogP contribution in [0.4, 0.5) is 0 Å². The summed E-state index contributed by atoms with van der Waals surface area (Å²) in [7, 11) is 0. The first-order valence-corrected chi connectivity index (χ1v) is 15.6. The molecule has 8 nitrogen and oxygen atoms in total. The van der Waals surface area contributed by atoms with Crippen molar-refractivity contribution < 1.29 is 4.79 Å². The van der Waals surface area contributed by atoms with Crippen molar-refractivity contribution in [3.05, 3.63) is 106 Å². The Hall–Kier alpha value is -3.57. The van der Waals surface area contributed by atoms with Gasteiger partial charge in [0.1, 0.15) is 10.7 Å². The number of pyridine rings is 1. The Kier molecular flexibility index (Phi) is 8.71. The molecule has 0 unspecified atom stereocenters. The predicted molar refractivity (Wildman–Crippen MR) is 163 cm³/mol. The molecular formula is C30H28ClN7OS2. The van der Waals surface area contributed by atoms with Crippen LogP contribution in [0.1, 0.15) is 33.9 Å². The van der Waals surface area contributed by atoms with Crippen molar-refractivity contribution in [2.45, 2.75) is 36.3 Å². The van der Waals surface area contributed by atoms with E-state index in [9.17, 15) is 4.79 Å². The molecule has 1 fully saturated rings. The highest BCUT2D eigenvalue weighted by Gasteiger charge is 2.23. The third-order valence-corrected chi connectivity index (χ3v) is 9.13. The predicted octanol–water partition coefficient (Wildman–Crippen LogP) is 6.13. The Balaban J connectivity index is 1.08. The lowest BCUT2D eigenvalue weighted by Crippen LogP contribution is -2.44. The van der Waals surface area contributed by atoms with Crippen LogP contribution in [0, 0.1) is 0 Å². The van der Waals surface area contributed by atoms with Gasteiger partial charge in [-0.1, -0.05) is 59.8 Å². The van der Waals surface area contributed by atoms with Gasteiger partial charge in [-0.2, -0.15) is 0 Å². The Morgan fingerprint density at radius 2 is 1.83 bits per heavy atom. The van der Waals surface area contributed by atoms with Crippen LogP contribution < -0.4 is 5.32 Å². The molecule has 0 saturated carbocycles. The molecular weight excluding hydrogens is 574 g/mol. The maximum absolute atomic E-state index is 13.0. The zero-order chi connectivity index (χ0) is 28.0. The number of hydrogen-bond donors (Lipinski definition) is 1. The summed E-state index contributed by atoms with van der Waals surface area (Å²) >= 11 is 9.31. The van der Waals surface area contributed by atoms with Gasteiger partial charge in [-0.05, 0) is 48.7 Å². The maximum atomic E-state index is 13.0. The molecule has 208 valence electrons. The van der Waals surface area contributed by atoms with Crippen LogP contribution in [0.15, 0.2) is 89.7 Å². The summed E-state index contributed by atoms with van der Waals surface area (Å²) in [5, 5.41) is 16.2. The molecule has 6 rings (SSSR count). The molecule has 0 bridgehead atoms. The second-order valence-electron chi connectivity index (χ2n) is 9.78. The first-order valence-electron chi connectivity index (χ1n) is 13.4. The van der Waals surface area contributed by atoms with Crippen LogP contribution in [0.3, 0.4) is 0 Å². The van der Waals surface area contributed by atoms with Crippen molar-refractivity contribution in [1.29, 1.82) is 0 Å². The smallest absolute Gasteiger partial charge is 0.270 e. The maximum Gasteiger partial charge on any atom is 0.270 e. The molecule has 1 amide bonds. The van der Waals surface area contributed by atoms with E-state index in [0.717, 1.165) is 48.7 Å². The highest BCUT2D eigenvalue weighted by Crippen LogP contribution is 2.31. The fraction of sp³-hybridized carbons (Fsp3) is 0.233. The second kappa shape index (κ2) is 12.9. The first-order chi connectivity index (χ1) is 20.1. The average Bonchev–Trinajstić information content (AvgIpc) is 3.66. The quantitative estimate of drug-likeness (QED) is 0.203. The number of nitrogens with zero attached hydrogens (tertiary/aromatic N) is 6. The lowest BCUT2D eigenvalue weighted by molar-refractivity contribution is 0.0904. The fourth-order valence-electron chi connectivity index (χ4n) is 4.84. The Morgan fingerprint density at radius 1 is 1.02 bits per heavy atom. The monoisotopic (exact) mass is 601 g/mol. The summed E-state index contributed by atoms with van der Waals surface area (Å²) < 4.78 is 1.98. The number of likely N-dealkylation sites (tertiary alicyclic amines) is 1. The number of hydrogen-bond acceptors (Lipinski definition) is 8. The zero-order valence-electron chi connectivity index (χ0n) is 22.2. The van der Waals surface area contributed by atoms with E-state index in [-0.39, 0.29) is 11.9 Å². The minimum Gasteiger partial charge on any atom is -0.348 e. The van der Waals surface area contributed by atoms with Crippen LogP contribution >= 0.6 is 34.7 Å². The SMILES string of the molecule is O=C(NC1CCN(Cc2ccccc2)CC1)c1csc(CSc2nnc(-c3ccncc3)n2-c2cccc(Cl)c2)n1. The van der Waals surface area contributed by atoms with Gasteiger partial charge < -0.3 is 5.32 Å². The molecule has 0 spiro atoms. The minimum absolute atomic E-state index is 0.110. The van der Waals surface area contributed by atoms with Crippen molar-refractivity contribution >= 4 is 40.6 Å². The molecule has 3 aromatic heterocycles. The second-order valence-corrected chi connectivity index (χ2v) is 12.1. The van der Waals surface area contributed by atoms with E-state index in [0.29, 0.717) is 27.5 Å². The van der Waals surface area contributed by atoms with Crippen LogP contribution in [0.5, 0.6) is 0 Å². The van der Waals surface area contributed by atoms with Gasteiger partial charge in [-0.25, -0.2) is 4.98 Å². The number of nitrogens with one attached hydrogen (secondary N) is 1. The molecule has 1 saturated heterocycles. The van der Waals surface area contributed by atoms with E-state index < -0.39 is 0 Å². The largest absolute Gasteiger partial charge is 0.348 e. The van der Waals surface area contributed by atoms with Gasteiger partial charge in [-0.3, -0.25) is 19.2 Å². The van der Waals surface area contributed by atoms with Gasteiger partial charge in [0, 0.05) is 54.0 Å². The number of piperidine rings is 1. The van der Waals surface area contributed by atoms with E-state index in [1.54, 1.807) is 12.4 Å². The van der Waals surface area contributed by atoms with Crippen molar-refractivity contribution in [1.82, 2.24) is 34.9 Å². The van der Waals surface area contributed by atoms with Crippen LogP contribution in [-0.4, -0.2) is 54.7 Å². The molecule has 2 aromatic carbocycles. The molecule has 0 atom stereocenters. The number of benzene rings is 2. The van der Waals surface area contributed by atoms with Gasteiger partial charge in [0.25, 0.3) is 5.91 Å². The van der Waals surface area contributed by atoms with Crippen molar-refractivity contribution in [3.8, 4) is 17.1 Å². The molecule has 11 heteroatoms. The highest BCUT2D eigenvalue weighted by atomic mass is 35.5. The molecule has 1 N–H and O–H groups in total. The molecule has 4 heterocycles.